The lowest BCUT2D eigenvalue weighted by Gasteiger charge is -2.26. The first kappa shape index (κ1) is 25.8. The number of fused-ring (bicyclic) bond motifs is 3. The van der Waals surface area contributed by atoms with Crippen LogP contribution in [-0.4, -0.2) is 4.57 Å². The first-order chi connectivity index (χ1) is 21.8. The van der Waals surface area contributed by atoms with Crippen LogP contribution in [0.2, 0.25) is 0 Å². The smallest absolute Gasteiger partial charge is 0.0561 e. The van der Waals surface area contributed by atoms with Crippen LogP contribution in [0.15, 0.2) is 182 Å². The van der Waals surface area contributed by atoms with Gasteiger partial charge in [0.1, 0.15) is 0 Å². The van der Waals surface area contributed by atoms with E-state index in [0.29, 0.717) is 0 Å². The summed E-state index contributed by atoms with van der Waals surface area (Å²) in [6.45, 7) is 0. The number of para-hydroxylation sites is 3. The molecule has 44 heavy (non-hydrogen) atoms. The molecule has 0 aliphatic rings. The summed E-state index contributed by atoms with van der Waals surface area (Å²) in [6.07, 6.45) is 0. The lowest BCUT2D eigenvalue weighted by molar-refractivity contribution is 1.18. The van der Waals surface area contributed by atoms with Gasteiger partial charge in [-0.15, -0.1) is 0 Å². The van der Waals surface area contributed by atoms with E-state index < -0.39 is 0 Å². The zero-order chi connectivity index (χ0) is 29.3. The normalized spacial score (nSPS) is 11.2. The molecular formula is C42H30N2. The van der Waals surface area contributed by atoms with Gasteiger partial charge in [0.15, 0.2) is 0 Å². The van der Waals surface area contributed by atoms with Crippen molar-refractivity contribution in [3.8, 4) is 27.9 Å². The van der Waals surface area contributed by atoms with Gasteiger partial charge in [0.2, 0.25) is 0 Å². The van der Waals surface area contributed by atoms with E-state index in [1.165, 1.54) is 44.1 Å². The highest BCUT2D eigenvalue weighted by atomic mass is 15.1. The first-order valence-corrected chi connectivity index (χ1v) is 15.0. The van der Waals surface area contributed by atoms with Gasteiger partial charge in [-0.1, -0.05) is 127 Å². The molecular weight excluding hydrogens is 532 g/mol. The summed E-state index contributed by atoms with van der Waals surface area (Å²) >= 11 is 0. The van der Waals surface area contributed by atoms with Gasteiger partial charge in [0, 0.05) is 33.5 Å². The SMILES string of the molecule is c1ccc(-c2ccc(-c3ccc(N(c4ccccc4)c4ccc5c6ccccc6n(-c6ccccc6)c5c4)cc3)cc2)cc1. The second-order valence-electron chi connectivity index (χ2n) is 11.1. The highest BCUT2D eigenvalue weighted by Gasteiger charge is 2.17. The third-order valence-corrected chi connectivity index (χ3v) is 8.40. The van der Waals surface area contributed by atoms with Crippen molar-refractivity contribution >= 4 is 38.9 Å². The maximum absolute atomic E-state index is 2.37. The van der Waals surface area contributed by atoms with Crippen LogP contribution in [0.1, 0.15) is 0 Å². The number of hydrogen-bond donors (Lipinski definition) is 0. The predicted octanol–water partition coefficient (Wildman–Crippen LogP) is 11.6. The highest BCUT2D eigenvalue weighted by molar-refractivity contribution is 6.10. The summed E-state index contributed by atoms with van der Waals surface area (Å²) in [5.41, 5.74) is 11.8. The Balaban J connectivity index is 1.22. The van der Waals surface area contributed by atoms with E-state index in [1.54, 1.807) is 0 Å². The van der Waals surface area contributed by atoms with Crippen LogP contribution in [0, 0.1) is 0 Å². The lowest BCUT2D eigenvalue weighted by Crippen LogP contribution is -2.10. The molecule has 0 bridgehead atoms. The van der Waals surface area contributed by atoms with Gasteiger partial charge in [-0.2, -0.15) is 0 Å². The zero-order valence-corrected chi connectivity index (χ0v) is 24.2. The zero-order valence-electron chi connectivity index (χ0n) is 24.2. The van der Waals surface area contributed by atoms with Crippen LogP contribution in [-0.2, 0) is 0 Å². The van der Waals surface area contributed by atoms with Crippen molar-refractivity contribution in [3.63, 3.8) is 0 Å². The number of benzene rings is 7. The van der Waals surface area contributed by atoms with Gasteiger partial charge in [-0.05, 0) is 76.9 Å². The fourth-order valence-electron chi connectivity index (χ4n) is 6.27. The molecule has 0 fully saturated rings. The molecule has 0 aliphatic carbocycles. The summed E-state index contributed by atoms with van der Waals surface area (Å²) in [7, 11) is 0. The fourth-order valence-corrected chi connectivity index (χ4v) is 6.27. The van der Waals surface area contributed by atoms with Gasteiger partial charge >= 0.3 is 0 Å². The van der Waals surface area contributed by atoms with E-state index in [9.17, 15) is 0 Å². The fraction of sp³-hybridized carbons (Fsp3) is 0. The number of anilines is 3. The van der Waals surface area contributed by atoms with Crippen molar-refractivity contribution in [3.05, 3.63) is 182 Å². The van der Waals surface area contributed by atoms with Crippen molar-refractivity contribution in [2.75, 3.05) is 4.90 Å². The van der Waals surface area contributed by atoms with Crippen LogP contribution in [0.3, 0.4) is 0 Å². The molecule has 0 saturated carbocycles. The highest BCUT2D eigenvalue weighted by Crippen LogP contribution is 2.40. The Morgan fingerprint density at radius 1 is 0.318 bits per heavy atom. The minimum absolute atomic E-state index is 1.11. The molecule has 0 spiro atoms. The number of nitrogens with zero attached hydrogens (tertiary/aromatic N) is 2. The molecule has 2 heteroatoms. The molecule has 0 saturated heterocycles. The van der Waals surface area contributed by atoms with E-state index in [4.69, 9.17) is 0 Å². The average Bonchev–Trinajstić information content (AvgIpc) is 3.44. The minimum atomic E-state index is 1.11. The van der Waals surface area contributed by atoms with E-state index in [1.807, 2.05) is 0 Å². The third kappa shape index (κ3) is 4.63. The summed E-state index contributed by atoms with van der Waals surface area (Å²) < 4.78 is 2.37. The first-order valence-electron chi connectivity index (χ1n) is 15.0. The van der Waals surface area contributed by atoms with Gasteiger partial charge in [-0.3, -0.25) is 0 Å². The standard InChI is InChI=1S/C42H30N2/c1-4-12-31(13-5-1)32-20-22-33(23-21-32)34-24-26-37(27-25-34)43(35-14-6-2-7-15-35)38-28-29-40-39-18-10-11-19-41(39)44(42(40)30-38)36-16-8-3-9-17-36/h1-30H. The van der Waals surface area contributed by atoms with Crippen molar-refractivity contribution in [2.45, 2.75) is 0 Å². The van der Waals surface area contributed by atoms with Crippen LogP contribution < -0.4 is 4.90 Å². The molecule has 0 amide bonds. The minimum Gasteiger partial charge on any atom is -0.310 e. The third-order valence-electron chi connectivity index (χ3n) is 8.40. The molecule has 0 N–H and O–H groups in total. The summed E-state index contributed by atoms with van der Waals surface area (Å²) in [5, 5.41) is 2.50. The summed E-state index contributed by atoms with van der Waals surface area (Å²) in [6, 6.07) is 65.0. The number of rotatable bonds is 6. The van der Waals surface area contributed by atoms with E-state index >= 15 is 0 Å². The molecule has 1 aromatic heterocycles. The van der Waals surface area contributed by atoms with Gasteiger partial charge in [0.25, 0.3) is 0 Å². The Morgan fingerprint density at radius 2 is 0.773 bits per heavy atom. The molecule has 2 nitrogen and oxygen atoms in total. The van der Waals surface area contributed by atoms with Gasteiger partial charge < -0.3 is 9.47 Å². The largest absolute Gasteiger partial charge is 0.310 e. The van der Waals surface area contributed by atoms with Crippen LogP contribution in [0.25, 0.3) is 49.7 Å². The molecule has 208 valence electrons. The quantitative estimate of drug-likeness (QED) is 0.196. The van der Waals surface area contributed by atoms with E-state index in [-0.39, 0.29) is 0 Å². The van der Waals surface area contributed by atoms with Crippen LogP contribution in [0.4, 0.5) is 17.1 Å². The maximum Gasteiger partial charge on any atom is 0.0561 e. The predicted molar refractivity (Wildman–Crippen MR) is 186 cm³/mol. The van der Waals surface area contributed by atoms with Crippen LogP contribution in [0.5, 0.6) is 0 Å². The molecule has 0 radical (unpaired) electrons. The van der Waals surface area contributed by atoms with Crippen molar-refractivity contribution in [1.29, 1.82) is 0 Å². The van der Waals surface area contributed by atoms with E-state index in [0.717, 1.165) is 22.7 Å². The number of hydrogen-bond acceptors (Lipinski definition) is 1. The topological polar surface area (TPSA) is 8.17 Å². The summed E-state index contributed by atoms with van der Waals surface area (Å²) in [5.74, 6) is 0. The average molecular weight is 563 g/mol. The molecule has 8 aromatic rings. The second kappa shape index (κ2) is 11.1. The van der Waals surface area contributed by atoms with Gasteiger partial charge in [-0.25, -0.2) is 0 Å². The Kier molecular flexibility index (Phi) is 6.51. The van der Waals surface area contributed by atoms with Crippen LogP contribution >= 0.6 is 0 Å². The Morgan fingerprint density at radius 3 is 1.43 bits per heavy atom. The van der Waals surface area contributed by atoms with Crippen molar-refractivity contribution < 1.29 is 0 Å². The molecule has 0 aliphatic heterocycles. The molecule has 0 atom stereocenters. The maximum atomic E-state index is 2.37. The Labute approximate surface area is 257 Å². The molecule has 7 aromatic carbocycles. The second-order valence-corrected chi connectivity index (χ2v) is 11.1. The molecule has 1 heterocycles. The van der Waals surface area contributed by atoms with E-state index in [2.05, 4.69) is 191 Å². The van der Waals surface area contributed by atoms with Crippen molar-refractivity contribution in [1.82, 2.24) is 4.57 Å². The molecule has 0 unspecified atom stereocenters. The summed E-state index contributed by atoms with van der Waals surface area (Å²) in [4.78, 5) is 2.34. The van der Waals surface area contributed by atoms with Gasteiger partial charge in [0.05, 0.1) is 11.0 Å². The Hall–Kier alpha value is -5.86. The lowest BCUT2D eigenvalue weighted by atomic mass is 10.00. The monoisotopic (exact) mass is 562 g/mol. The molecule has 8 rings (SSSR count). The van der Waals surface area contributed by atoms with Crippen molar-refractivity contribution in [2.24, 2.45) is 0 Å². The Bertz CT molecular complexity index is 2180. The number of aromatic nitrogens is 1.